The van der Waals surface area contributed by atoms with Crippen LogP contribution in [0.1, 0.15) is 29.2 Å². The van der Waals surface area contributed by atoms with Crippen LogP contribution in [0.15, 0.2) is 66.7 Å². The molecule has 0 heterocycles. The van der Waals surface area contributed by atoms with Crippen LogP contribution in [0.5, 0.6) is 17.2 Å². The zero-order valence-corrected chi connectivity index (χ0v) is 17.7. The molecule has 0 bridgehead atoms. The third-order valence-electron chi connectivity index (χ3n) is 5.17. The molecular weight excluding hydrogens is 364 g/mol. The minimum absolute atomic E-state index is 0.545. The molecular formula is C25H28O4. The third kappa shape index (κ3) is 3.94. The average Bonchev–Trinajstić information content (AvgIpc) is 2.78. The summed E-state index contributed by atoms with van der Waals surface area (Å²) in [5, 5.41) is 0. The molecule has 0 aliphatic carbocycles. The van der Waals surface area contributed by atoms with Gasteiger partial charge in [0.2, 0.25) is 0 Å². The zero-order chi connectivity index (χ0) is 20.9. The SMILES string of the molecule is CCOC(c1ccc(OC)cc1)(c1ccc(OC)cc1)c1ccc(OC)cc1C. The van der Waals surface area contributed by atoms with Crippen LogP contribution >= 0.6 is 0 Å². The van der Waals surface area contributed by atoms with Crippen molar-refractivity contribution in [1.29, 1.82) is 0 Å². The summed E-state index contributed by atoms with van der Waals surface area (Å²) in [4.78, 5) is 0. The Morgan fingerprint density at radius 1 is 0.655 bits per heavy atom. The van der Waals surface area contributed by atoms with Crippen LogP contribution in [0.3, 0.4) is 0 Å². The Labute approximate surface area is 173 Å². The molecule has 0 radical (unpaired) electrons. The van der Waals surface area contributed by atoms with Crippen molar-refractivity contribution in [3.05, 3.63) is 89.0 Å². The molecule has 0 aliphatic heterocycles. The molecule has 0 aromatic heterocycles. The van der Waals surface area contributed by atoms with Gasteiger partial charge in [-0.15, -0.1) is 0 Å². The quantitative estimate of drug-likeness (QED) is 0.484. The van der Waals surface area contributed by atoms with Gasteiger partial charge in [-0.05, 0) is 72.5 Å². The Bertz CT molecular complexity index is 883. The number of benzene rings is 3. The summed E-state index contributed by atoms with van der Waals surface area (Å²) in [6, 6.07) is 22.2. The normalized spacial score (nSPS) is 11.2. The molecule has 0 saturated carbocycles. The first-order chi connectivity index (χ1) is 14.1. The van der Waals surface area contributed by atoms with Crippen molar-refractivity contribution in [2.24, 2.45) is 0 Å². The van der Waals surface area contributed by atoms with Crippen molar-refractivity contribution >= 4 is 0 Å². The van der Waals surface area contributed by atoms with Gasteiger partial charge in [-0.3, -0.25) is 0 Å². The molecule has 0 atom stereocenters. The second-order valence-electron chi connectivity index (χ2n) is 6.75. The minimum Gasteiger partial charge on any atom is -0.497 e. The number of methoxy groups -OCH3 is 3. The van der Waals surface area contributed by atoms with E-state index in [9.17, 15) is 0 Å². The number of aryl methyl sites for hydroxylation is 1. The van der Waals surface area contributed by atoms with E-state index < -0.39 is 5.60 Å². The fourth-order valence-corrected chi connectivity index (χ4v) is 3.75. The van der Waals surface area contributed by atoms with Crippen LogP contribution in [0, 0.1) is 6.92 Å². The number of hydrogen-bond acceptors (Lipinski definition) is 4. The Hall–Kier alpha value is -2.98. The van der Waals surface area contributed by atoms with Crippen molar-refractivity contribution in [3.63, 3.8) is 0 Å². The van der Waals surface area contributed by atoms with Crippen molar-refractivity contribution in [1.82, 2.24) is 0 Å². The van der Waals surface area contributed by atoms with Gasteiger partial charge in [-0.25, -0.2) is 0 Å². The van der Waals surface area contributed by atoms with Crippen molar-refractivity contribution < 1.29 is 18.9 Å². The first kappa shape index (κ1) is 20.7. The van der Waals surface area contributed by atoms with Gasteiger partial charge in [-0.2, -0.15) is 0 Å². The lowest BCUT2D eigenvalue weighted by Crippen LogP contribution is -2.33. The van der Waals surface area contributed by atoms with Crippen LogP contribution in [0.2, 0.25) is 0 Å². The van der Waals surface area contributed by atoms with E-state index in [2.05, 4.69) is 37.3 Å². The molecule has 0 fully saturated rings. The highest BCUT2D eigenvalue weighted by atomic mass is 16.5. The molecule has 0 saturated heterocycles. The molecule has 29 heavy (non-hydrogen) atoms. The molecule has 3 rings (SSSR count). The zero-order valence-electron chi connectivity index (χ0n) is 17.7. The Kier molecular flexibility index (Phi) is 6.45. The minimum atomic E-state index is -0.774. The molecule has 0 spiro atoms. The molecule has 0 N–H and O–H groups in total. The third-order valence-corrected chi connectivity index (χ3v) is 5.17. The lowest BCUT2D eigenvalue weighted by molar-refractivity contribution is 0.0210. The van der Waals surface area contributed by atoms with Gasteiger partial charge in [-0.1, -0.05) is 30.3 Å². The van der Waals surface area contributed by atoms with E-state index in [1.807, 2.05) is 43.3 Å². The maximum absolute atomic E-state index is 6.57. The van der Waals surface area contributed by atoms with Crippen LogP contribution in [0.25, 0.3) is 0 Å². The fraction of sp³-hybridized carbons (Fsp3) is 0.280. The highest BCUT2D eigenvalue weighted by Crippen LogP contribution is 2.43. The topological polar surface area (TPSA) is 36.9 Å². The molecule has 3 aromatic rings. The van der Waals surface area contributed by atoms with Crippen LogP contribution in [0.4, 0.5) is 0 Å². The van der Waals surface area contributed by atoms with E-state index in [0.29, 0.717) is 6.61 Å². The lowest BCUT2D eigenvalue weighted by atomic mass is 9.78. The molecule has 0 amide bonds. The number of rotatable bonds is 8. The predicted octanol–water partition coefficient (Wildman–Crippen LogP) is 5.35. The summed E-state index contributed by atoms with van der Waals surface area (Å²) in [6.45, 7) is 4.64. The summed E-state index contributed by atoms with van der Waals surface area (Å²) in [7, 11) is 5.01. The van der Waals surface area contributed by atoms with Gasteiger partial charge in [0.05, 0.1) is 21.3 Å². The smallest absolute Gasteiger partial charge is 0.143 e. The maximum atomic E-state index is 6.57. The average molecular weight is 392 g/mol. The van der Waals surface area contributed by atoms with Gasteiger partial charge in [0.1, 0.15) is 22.8 Å². The number of hydrogen-bond donors (Lipinski definition) is 0. The summed E-state index contributed by atoms with van der Waals surface area (Å²) >= 11 is 0. The van der Waals surface area contributed by atoms with E-state index >= 15 is 0 Å². The highest BCUT2D eigenvalue weighted by molar-refractivity contribution is 5.53. The summed E-state index contributed by atoms with van der Waals surface area (Å²) in [5.74, 6) is 2.43. The summed E-state index contributed by atoms with van der Waals surface area (Å²) in [5.41, 5.74) is 3.43. The largest absolute Gasteiger partial charge is 0.497 e. The van der Waals surface area contributed by atoms with E-state index in [4.69, 9.17) is 18.9 Å². The monoisotopic (exact) mass is 392 g/mol. The van der Waals surface area contributed by atoms with Gasteiger partial charge >= 0.3 is 0 Å². The fourth-order valence-electron chi connectivity index (χ4n) is 3.75. The van der Waals surface area contributed by atoms with Crippen molar-refractivity contribution in [2.45, 2.75) is 19.4 Å². The predicted molar refractivity (Wildman–Crippen MR) is 115 cm³/mol. The van der Waals surface area contributed by atoms with Crippen molar-refractivity contribution in [2.75, 3.05) is 27.9 Å². The molecule has 0 aliphatic rings. The van der Waals surface area contributed by atoms with Crippen LogP contribution in [-0.2, 0) is 10.3 Å². The van der Waals surface area contributed by atoms with Crippen molar-refractivity contribution in [3.8, 4) is 17.2 Å². The van der Waals surface area contributed by atoms with E-state index in [1.54, 1.807) is 21.3 Å². The van der Waals surface area contributed by atoms with Crippen LogP contribution < -0.4 is 14.2 Å². The summed E-state index contributed by atoms with van der Waals surface area (Å²) < 4.78 is 22.7. The van der Waals surface area contributed by atoms with Gasteiger partial charge < -0.3 is 18.9 Å². The lowest BCUT2D eigenvalue weighted by Gasteiger charge is -2.37. The highest BCUT2D eigenvalue weighted by Gasteiger charge is 2.38. The van der Waals surface area contributed by atoms with E-state index in [1.165, 1.54) is 0 Å². The Morgan fingerprint density at radius 3 is 1.48 bits per heavy atom. The molecule has 3 aromatic carbocycles. The van der Waals surface area contributed by atoms with Gasteiger partial charge in [0.15, 0.2) is 0 Å². The molecule has 152 valence electrons. The first-order valence-electron chi connectivity index (χ1n) is 9.67. The van der Waals surface area contributed by atoms with Gasteiger partial charge in [0.25, 0.3) is 0 Å². The van der Waals surface area contributed by atoms with E-state index in [-0.39, 0.29) is 0 Å². The second kappa shape index (κ2) is 9.01. The Balaban J connectivity index is 2.29. The number of ether oxygens (including phenoxy) is 4. The Morgan fingerprint density at radius 2 is 1.10 bits per heavy atom. The first-order valence-corrected chi connectivity index (χ1v) is 9.67. The molecule has 4 heteroatoms. The van der Waals surface area contributed by atoms with E-state index in [0.717, 1.165) is 39.5 Å². The standard InChI is InChI=1S/C25H28O4/c1-6-29-25(19-7-11-21(26-3)12-8-19,20-9-13-22(27-4)14-10-20)24-16-15-23(28-5)17-18(24)2/h7-17H,6H2,1-5H3. The summed E-state index contributed by atoms with van der Waals surface area (Å²) in [6.07, 6.45) is 0. The van der Waals surface area contributed by atoms with Gasteiger partial charge in [0, 0.05) is 6.61 Å². The molecule has 4 nitrogen and oxygen atoms in total. The maximum Gasteiger partial charge on any atom is 0.143 e. The molecule has 0 unspecified atom stereocenters. The second-order valence-corrected chi connectivity index (χ2v) is 6.75. The van der Waals surface area contributed by atoms with Crippen LogP contribution in [-0.4, -0.2) is 27.9 Å².